The molecule has 4 heteroatoms. The molecule has 0 aliphatic heterocycles. The molecule has 0 spiro atoms. The number of hydrogen-bond donors (Lipinski definition) is 2. The first-order valence-electron chi connectivity index (χ1n) is 6.66. The van der Waals surface area contributed by atoms with Crippen molar-refractivity contribution >= 4 is 11.6 Å². The van der Waals surface area contributed by atoms with E-state index in [1.807, 2.05) is 30.3 Å². The number of anilines is 1. The zero-order valence-electron chi connectivity index (χ0n) is 11.7. The van der Waals surface area contributed by atoms with E-state index in [9.17, 15) is 9.90 Å². The lowest BCUT2D eigenvalue weighted by Crippen LogP contribution is -2.14. The number of aromatic hydroxyl groups is 1. The first kappa shape index (κ1) is 14.6. The summed E-state index contributed by atoms with van der Waals surface area (Å²) in [5.41, 5.74) is 1.98. The number of phenols is 1. The van der Waals surface area contributed by atoms with Crippen molar-refractivity contribution in [3.05, 3.63) is 59.7 Å². The molecule has 0 saturated carbocycles. The number of nitrogens with one attached hydrogen (secondary N) is 1. The Labute approximate surface area is 123 Å². The molecule has 1 unspecified atom stereocenters. The molecule has 0 fully saturated rings. The third kappa shape index (κ3) is 3.83. The lowest BCUT2D eigenvalue weighted by molar-refractivity contribution is -0.115. The number of phenolic OH excluding ortho intramolecular Hbond substituents is 1. The van der Waals surface area contributed by atoms with E-state index >= 15 is 0 Å². The second-order valence-electron chi connectivity index (χ2n) is 4.84. The van der Waals surface area contributed by atoms with Crippen molar-refractivity contribution in [1.82, 2.24) is 0 Å². The van der Waals surface area contributed by atoms with Crippen LogP contribution in [0.3, 0.4) is 0 Å². The van der Waals surface area contributed by atoms with Gasteiger partial charge in [-0.3, -0.25) is 4.79 Å². The average Bonchev–Trinajstić information content (AvgIpc) is 2.49. The molecule has 0 bridgehead atoms. The molecule has 1 amide bonds. The Hall–Kier alpha value is -2.80. The molecule has 0 saturated heterocycles. The van der Waals surface area contributed by atoms with Gasteiger partial charge in [0.05, 0.1) is 24.1 Å². The standard InChI is InChI=1S/C17H16N2O2/c1-12(11-18)14-7-8-16(20)15(10-14)19-17(21)9-13-5-3-2-4-6-13/h2-8,10,12,20H,9H2,1H3,(H,19,21). The second kappa shape index (κ2) is 6.58. The molecule has 2 rings (SSSR count). The highest BCUT2D eigenvalue weighted by Crippen LogP contribution is 2.27. The molecule has 0 aliphatic carbocycles. The van der Waals surface area contributed by atoms with Gasteiger partial charge in [-0.1, -0.05) is 36.4 Å². The number of nitriles is 1. The summed E-state index contributed by atoms with van der Waals surface area (Å²) in [4.78, 5) is 12.0. The van der Waals surface area contributed by atoms with Crippen LogP contribution in [0.2, 0.25) is 0 Å². The van der Waals surface area contributed by atoms with Gasteiger partial charge >= 0.3 is 0 Å². The maximum absolute atomic E-state index is 12.0. The molecule has 4 nitrogen and oxygen atoms in total. The van der Waals surface area contributed by atoms with Gasteiger partial charge in [-0.15, -0.1) is 0 Å². The molecule has 0 aromatic heterocycles. The summed E-state index contributed by atoms with van der Waals surface area (Å²) >= 11 is 0. The van der Waals surface area contributed by atoms with Gasteiger partial charge in [0.1, 0.15) is 5.75 Å². The molecule has 1 atom stereocenters. The molecule has 2 aromatic rings. The molecule has 0 aliphatic rings. The highest BCUT2D eigenvalue weighted by atomic mass is 16.3. The van der Waals surface area contributed by atoms with Crippen LogP contribution in [0.25, 0.3) is 0 Å². The van der Waals surface area contributed by atoms with Gasteiger partial charge < -0.3 is 10.4 Å². The number of carbonyl (C=O) groups excluding carboxylic acids is 1. The first-order chi connectivity index (χ1) is 10.1. The number of amides is 1. The number of nitrogens with zero attached hydrogens (tertiary/aromatic N) is 1. The highest BCUT2D eigenvalue weighted by molar-refractivity contribution is 5.93. The zero-order valence-corrected chi connectivity index (χ0v) is 11.7. The number of hydrogen-bond acceptors (Lipinski definition) is 3. The van der Waals surface area contributed by atoms with E-state index in [2.05, 4.69) is 11.4 Å². The third-order valence-corrected chi connectivity index (χ3v) is 3.20. The van der Waals surface area contributed by atoms with Gasteiger partial charge in [-0.2, -0.15) is 5.26 Å². The van der Waals surface area contributed by atoms with Crippen LogP contribution in [0, 0.1) is 11.3 Å². The van der Waals surface area contributed by atoms with Gasteiger partial charge in [-0.05, 0) is 30.2 Å². The average molecular weight is 280 g/mol. The van der Waals surface area contributed by atoms with Crippen LogP contribution >= 0.6 is 0 Å². The Morgan fingerprint density at radius 1 is 1.29 bits per heavy atom. The predicted octanol–water partition coefficient (Wildman–Crippen LogP) is 3.20. The molecule has 106 valence electrons. The molecular weight excluding hydrogens is 264 g/mol. The predicted molar refractivity (Wildman–Crippen MR) is 80.9 cm³/mol. The molecule has 21 heavy (non-hydrogen) atoms. The van der Waals surface area contributed by atoms with Crippen molar-refractivity contribution < 1.29 is 9.90 Å². The summed E-state index contributed by atoms with van der Waals surface area (Å²) in [5.74, 6) is -0.515. The van der Waals surface area contributed by atoms with Gasteiger partial charge in [0, 0.05) is 0 Å². The fourth-order valence-electron chi connectivity index (χ4n) is 1.97. The number of benzene rings is 2. The molecule has 2 aromatic carbocycles. The summed E-state index contributed by atoms with van der Waals surface area (Å²) in [5, 5.41) is 21.4. The topological polar surface area (TPSA) is 73.1 Å². The van der Waals surface area contributed by atoms with Crippen molar-refractivity contribution in [3.63, 3.8) is 0 Å². The van der Waals surface area contributed by atoms with Crippen molar-refractivity contribution in [2.75, 3.05) is 5.32 Å². The van der Waals surface area contributed by atoms with E-state index in [1.165, 1.54) is 6.07 Å². The van der Waals surface area contributed by atoms with Crippen LogP contribution in [-0.4, -0.2) is 11.0 Å². The van der Waals surface area contributed by atoms with Crippen LogP contribution < -0.4 is 5.32 Å². The minimum atomic E-state index is -0.296. The van der Waals surface area contributed by atoms with Crippen LogP contribution in [0.1, 0.15) is 24.0 Å². The minimum absolute atomic E-state index is 0.00898. The van der Waals surface area contributed by atoms with Gasteiger partial charge in [0.15, 0.2) is 0 Å². The van der Waals surface area contributed by atoms with Crippen LogP contribution in [0.15, 0.2) is 48.5 Å². The van der Waals surface area contributed by atoms with E-state index < -0.39 is 0 Å². The Morgan fingerprint density at radius 3 is 2.67 bits per heavy atom. The zero-order chi connectivity index (χ0) is 15.2. The fraction of sp³-hybridized carbons (Fsp3) is 0.176. The first-order valence-corrected chi connectivity index (χ1v) is 6.66. The van der Waals surface area contributed by atoms with E-state index in [0.29, 0.717) is 5.69 Å². The van der Waals surface area contributed by atoms with E-state index in [-0.39, 0.29) is 24.0 Å². The van der Waals surface area contributed by atoms with Crippen molar-refractivity contribution in [2.24, 2.45) is 0 Å². The van der Waals surface area contributed by atoms with Gasteiger partial charge in [0.25, 0.3) is 0 Å². The highest BCUT2D eigenvalue weighted by Gasteiger charge is 2.11. The quantitative estimate of drug-likeness (QED) is 0.845. The van der Waals surface area contributed by atoms with Gasteiger partial charge in [0.2, 0.25) is 5.91 Å². The Kier molecular flexibility index (Phi) is 4.57. The number of carbonyl (C=O) groups is 1. The smallest absolute Gasteiger partial charge is 0.228 e. The third-order valence-electron chi connectivity index (χ3n) is 3.20. The maximum Gasteiger partial charge on any atom is 0.228 e. The maximum atomic E-state index is 12.0. The Balaban J connectivity index is 2.12. The van der Waals surface area contributed by atoms with Crippen molar-refractivity contribution in [2.45, 2.75) is 19.3 Å². The molecular formula is C17H16N2O2. The monoisotopic (exact) mass is 280 g/mol. The minimum Gasteiger partial charge on any atom is -0.506 e. The fourth-order valence-corrected chi connectivity index (χ4v) is 1.97. The lowest BCUT2D eigenvalue weighted by atomic mass is 10.0. The van der Waals surface area contributed by atoms with Gasteiger partial charge in [-0.25, -0.2) is 0 Å². The normalized spacial score (nSPS) is 11.4. The van der Waals surface area contributed by atoms with Crippen LogP contribution in [-0.2, 0) is 11.2 Å². The van der Waals surface area contributed by atoms with Crippen molar-refractivity contribution in [3.8, 4) is 11.8 Å². The molecule has 0 heterocycles. The summed E-state index contributed by atoms with van der Waals surface area (Å²) in [7, 11) is 0. The summed E-state index contributed by atoms with van der Waals surface area (Å²) in [6.07, 6.45) is 0.234. The SMILES string of the molecule is CC(C#N)c1ccc(O)c(NC(=O)Cc2ccccc2)c1. The van der Waals surface area contributed by atoms with Crippen LogP contribution in [0.5, 0.6) is 5.75 Å². The summed E-state index contributed by atoms with van der Waals surface area (Å²) in [6.45, 7) is 1.77. The molecule has 0 radical (unpaired) electrons. The summed E-state index contributed by atoms with van der Waals surface area (Å²) in [6, 6.07) is 16.3. The van der Waals surface area contributed by atoms with Crippen molar-refractivity contribution in [1.29, 1.82) is 5.26 Å². The second-order valence-corrected chi connectivity index (χ2v) is 4.84. The van der Waals surface area contributed by atoms with E-state index in [4.69, 9.17) is 5.26 Å². The lowest BCUT2D eigenvalue weighted by Gasteiger charge is -2.10. The number of rotatable bonds is 4. The van der Waals surface area contributed by atoms with Crippen LogP contribution in [0.4, 0.5) is 5.69 Å². The molecule has 2 N–H and O–H groups in total. The largest absolute Gasteiger partial charge is 0.506 e. The Bertz CT molecular complexity index is 675. The Morgan fingerprint density at radius 2 is 2.00 bits per heavy atom. The van der Waals surface area contributed by atoms with E-state index in [0.717, 1.165) is 11.1 Å². The summed E-state index contributed by atoms with van der Waals surface area (Å²) < 4.78 is 0. The van der Waals surface area contributed by atoms with E-state index in [1.54, 1.807) is 19.1 Å².